The van der Waals surface area contributed by atoms with Crippen LogP contribution in [0.3, 0.4) is 0 Å². The van der Waals surface area contributed by atoms with Gasteiger partial charge in [0.05, 0.1) is 6.54 Å². The maximum absolute atomic E-state index is 4.39. The van der Waals surface area contributed by atoms with Gasteiger partial charge in [-0.15, -0.1) is 22.6 Å². The van der Waals surface area contributed by atoms with E-state index in [9.17, 15) is 0 Å². The minimum absolute atomic E-state index is 0. The molecule has 1 aliphatic rings. The van der Waals surface area contributed by atoms with Crippen LogP contribution in [0.1, 0.15) is 37.9 Å². The monoisotopic (exact) mass is 231 g/mol. The second-order valence-corrected chi connectivity index (χ2v) is 3.77. The van der Waals surface area contributed by atoms with Gasteiger partial charge in [0.15, 0.2) is 5.82 Å². The summed E-state index contributed by atoms with van der Waals surface area (Å²) in [5.41, 5.74) is 0. The lowest BCUT2D eigenvalue weighted by Gasteiger charge is -2.18. The Labute approximate surface area is 96.0 Å². The van der Waals surface area contributed by atoms with Crippen molar-refractivity contribution >= 4 is 12.4 Å². The molecule has 0 aliphatic carbocycles. The standard InChI is InChI=1S/C9H17N5.ClH/c1-2-7-14-12-9(11-13-14)8-3-5-10-6-4-8;/h8,10H,2-7H2,1H3;1H. The third-order valence-electron chi connectivity index (χ3n) is 2.60. The van der Waals surface area contributed by atoms with Crippen LogP contribution in [-0.2, 0) is 6.54 Å². The molecule has 5 nitrogen and oxygen atoms in total. The van der Waals surface area contributed by atoms with Crippen molar-refractivity contribution in [2.75, 3.05) is 13.1 Å². The third-order valence-corrected chi connectivity index (χ3v) is 2.60. The maximum Gasteiger partial charge on any atom is 0.177 e. The number of aromatic nitrogens is 4. The molecule has 1 aliphatic heterocycles. The lowest BCUT2D eigenvalue weighted by molar-refractivity contribution is 0.440. The van der Waals surface area contributed by atoms with E-state index in [-0.39, 0.29) is 12.4 Å². The van der Waals surface area contributed by atoms with Gasteiger partial charge >= 0.3 is 0 Å². The number of halogens is 1. The van der Waals surface area contributed by atoms with Gasteiger partial charge in [-0.2, -0.15) is 4.80 Å². The first-order chi connectivity index (χ1) is 6.90. The van der Waals surface area contributed by atoms with Gasteiger partial charge in [0.1, 0.15) is 0 Å². The molecule has 0 spiro atoms. The average Bonchev–Trinajstić information content (AvgIpc) is 2.68. The largest absolute Gasteiger partial charge is 0.317 e. The molecule has 86 valence electrons. The van der Waals surface area contributed by atoms with E-state index >= 15 is 0 Å². The molecule has 1 aromatic heterocycles. The maximum atomic E-state index is 4.39. The van der Waals surface area contributed by atoms with Crippen molar-refractivity contribution < 1.29 is 0 Å². The van der Waals surface area contributed by atoms with Gasteiger partial charge in [-0.05, 0) is 37.6 Å². The van der Waals surface area contributed by atoms with Crippen molar-refractivity contribution in [1.29, 1.82) is 0 Å². The number of tetrazole rings is 1. The summed E-state index contributed by atoms with van der Waals surface area (Å²) in [6, 6.07) is 0. The van der Waals surface area contributed by atoms with Crippen molar-refractivity contribution in [3.63, 3.8) is 0 Å². The van der Waals surface area contributed by atoms with E-state index in [1.165, 1.54) is 0 Å². The minimum Gasteiger partial charge on any atom is -0.317 e. The summed E-state index contributed by atoms with van der Waals surface area (Å²) >= 11 is 0. The van der Waals surface area contributed by atoms with Crippen LogP contribution in [0.4, 0.5) is 0 Å². The average molecular weight is 232 g/mol. The van der Waals surface area contributed by atoms with Crippen molar-refractivity contribution in [2.24, 2.45) is 0 Å². The molecule has 0 unspecified atom stereocenters. The highest BCUT2D eigenvalue weighted by Crippen LogP contribution is 2.20. The normalized spacial score (nSPS) is 17.4. The lowest BCUT2D eigenvalue weighted by Crippen LogP contribution is -2.27. The van der Waals surface area contributed by atoms with Crippen molar-refractivity contribution in [1.82, 2.24) is 25.5 Å². The number of rotatable bonds is 3. The van der Waals surface area contributed by atoms with E-state index in [2.05, 4.69) is 27.7 Å². The minimum atomic E-state index is 0. The highest BCUT2D eigenvalue weighted by atomic mass is 35.5. The first-order valence-corrected chi connectivity index (χ1v) is 5.38. The molecule has 0 bridgehead atoms. The SMILES string of the molecule is CCCn1nnc(C2CCNCC2)n1.Cl. The number of hydrogen-bond acceptors (Lipinski definition) is 4. The second-order valence-electron chi connectivity index (χ2n) is 3.77. The summed E-state index contributed by atoms with van der Waals surface area (Å²) in [5, 5.41) is 15.9. The Morgan fingerprint density at radius 3 is 2.80 bits per heavy atom. The van der Waals surface area contributed by atoms with E-state index in [1.807, 2.05) is 0 Å². The Balaban J connectivity index is 0.00000112. The Kier molecular flexibility index (Phi) is 4.98. The molecule has 0 aromatic carbocycles. The number of aryl methyl sites for hydroxylation is 1. The van der Waals surface area contributed by atoms with Gasteiger partial charge in [-0.3, -0.25) is 0 Å². The molecule has 0 saturated carbocycles. The van der Waals surface area contributed by atoms with Crippen molar-refractivity contribution in [2.45, 2.75) is 38.6 Å². The van der Waals surface area contributed by atoms with Crippen LogP contribution < -0.4 is 5.32 Å². The molecular weight excluding hydrogens is 214 g/mol. The lowest BCUT2D eigenvalue weighted by atomic mass is 9.98. The smallest absolute Gasteiger partial charge is 0.177 e. The second kappa shape index (κ2) is 6.02. The van der Waals surface area contributed by atoms with Crippen LogP contribution in [0.25, 0.3) is 0 Å². The molecule has 1 saturated heterocycles. The molecular formula is C9H18ClN5. The van der Waals surface area contributed by atoms with Crippen LogP contribution in [0.5, 0.6) is 0 Å². The highest BCUT2D eigenvalue weighted by Gasteiger charge is 2.19. The zero-order valence-electron chi connectivity index (χ0n) is 9.02. The number of nitrogens with one attached hydrogen (secondary N) is 1. The first-order valence-electron chi connectivity index (χ1n) is 5.38. The van der Waals surface area contributed by atoms with E-state index < -0.39 is 0 Å². The predicted octanol–water partition coefficient (Wildman–Crippen LogP) is 0.972. The zero-order valence-corrected chi connectivity index (χ0v) is 9.83. The van der Waals surface area contributed by atoms with Crippen LogP contribution in [0, 0.1) is 0 Å². The summed E-state index contributed by atoms with van der Waals surface area (Å²) in [7, 11) is 0. The molecule has 2 rings (SSSR count). The first kappa shape index (κ1) is 12.4. The Hall–Kier alpha value is -0.680. The van der Waals surface area contributed by atoms with Crippen molar-refractivity contribution in [3.05, 3.63) is 5.82 Å². The van der Waals surface area contributed by atoms with Crippen LogP contribution in [-0.4, -0.2) is 33.3 Å². The fourth-order valence-electron chi connectivity index (χ4n) is 1.79. The molecule has 6 heteroatoms. The van der Waals surface area contributed by atoms with Crippen LogP contribution in [0.2, 0.25) is 0 Å². The molecule has 15 heavy (non-hydrogen) atoms. The summed E-state index contributed by atoms with van der Waals surface area (Å²) < 4.78 is 0. The van der Waals surface area contributed by atoms with Crippen molar-refractivity contribution in [3.8, 4) is 0 Å². The Morgan fingerprint density at radius 2 is 2.13 bits per heavy atom. The van der Waals surface area contributed by atoms with Gasteiger partial charge in [0.25, 0.3) is 0 Å². The summed E-state index contributed by atoms with van der Waals surface area (Å²) in [6.45, 7) is 5.14. The van der Waals surface area contributed by atoms with Gasteiger partial charge in [-0.25, -0.2) is 0 Å². The molecule has 0 amide bonds. The highest BCUT2D eigenvalue weighted by molar-refractivity contribution is 5.85. The van der Waals surface area contributed by atoms with Crippen LogP contribution >= 0.6 is 12.4 Å². The van der Waals surface area contributed by atoms with Gasteiger partial charge in [0, 0.05) is 5.92 Å². The summed E-state index contributed by atoms with van der Waals surface area (Å²) in [5.74, 6) is 1.45. The quantitative estimate of drug-likeness (QED) is 0.843. The van der Waals surface area contributed by atoms with E-state index in [1.54, 1.807) is 4.80 Å². The zero-order chi connectivity index (χ0) is 9.80. The fraction of sp³-hybridized carbons (Fsp3) is 0.889. The van der Waals surface area contributed by atoms with Crippen LogP contribution in [0.15, 0.2) is 0 Å². The summed E-state index contributed by atoms with van der Waals surface area (Å²) in [4.78, 5) is 1.71. The van der Waals surface area contributed by atoms with Gasteiger partial charge in [-0.1, -0.05) is 6.92 Å². The Morgan fingerprint density at radius 1 is 1.40 bits per heavy atom. The molecule has 2 heterocycles. The molecule has 1 fully saturated rings. The fourth-order valence-corrected chi connectivity index (χ4v) is 1.79. The number of hydrogen-bond donors (Lipinski definition) is 1. The van der Waals surface area contributed by atoms with E-state index in [0.29, 0.717) is 5.92 Å². The predicted molar refractivity (Wildman–Crippen MR) is 60.2 cm³/mol. The molecule has 0 radical (unpaired) electrons. The topological polar surface area (TPSA) is 55.6 Å². The molecule has 1 N–H and O–H groups in total. The van der Waals surface area contributed by atoms with E-state index in [0.717, 1.165) is 44.7 Å². The Bertz CT molecular complexity index is 282. The molecule has 1 aromatic rings. The van der Waals surface area contributed by atoms with Gasteiger partial charge in [0.2, 0.25) is 0 Å². The third kappa shape index (κ3) is 3.14. The summed E-state index contributed by atoms with van der Waals surface area (Å²) in [6.07, 6.45) is 3.33. The number of piperidine rings is 1. The van der Waals surface area contributed by atoms with E-state index in [4.69, 9.17) is 0 Å². The molecule has 0 atom stereocenters. The number of nitrogens with zero attached hydrogens (tertiary/aromatic N) is 4. The van der Waals surface area contributed by atoms with Gasteiger partial charge < -0.3 is 5.32 Å².